The van der Waals surface area contributed by atoms with Crippen molar-refractivity contribution in [3.8, 4) is 5.75 Å². The SMILES string of the molecule is Cc1ccc(O[C@@H](C)C(=O)N2CCc3cc(S(=O)(=O)N(C)C)ccc32)c(C)c1. The van der Waals surface area contributed by atoms with Gasteiger partial charge < -0.3 is 9.64 Å². The normalized spacial score (nSPS) is 14.9. The van der Waals surface area contributed by atoms with Crippen molar-refractivity contribution >= 4 is 21.6 Å². The monoisotopic (exact) mass is 402 g/mol. The van der Waals surface area contributed by atoms with E-state index in [1.807, 2.05) is 32.0 Å². The van der Waals surface area contributed by atoms with E-state index in [1.54, 1.807) is 30.0 Å². The smallest absolute Gasteiger partial charge is 0.267 e. The van der Waals surface area contributed by atoms with Crippen LogP contribution in [0.4, 0.5) is 5.69 Å². The lowest BCUT2D eigenvalue weighted by Gasteiger charge is -2.23. The molecule has 0 radical (unpaired) electrons. The van der Waals surface area contributed by atoms with E-state index in [4.69, 9.17) is 4.74 Å². The molecule has 7 heteroatoms. The second-order valence-electron chi connectivity index (χ2n) is 7.35. The second kappa shape index (κ2) is 7.56. The van der Waals surface area contributed by atoms with Gasteiger partial charge in [-0.15, -0.1) is 0 Å². The molecule has 6 nitrogen and oxygen atoms in total. The van der Waals surface area contributed by atoms with Crippen LogP contribution in [-0.2, 0) is 21.2 Å². The largest absolute Gasteiger partial charge is 0.481 e. The summed E-state index contributed by atoms with van der Waals surface area (Å²) in [5.74, 6) is 0.556. The summed E-state index contributed by atoms with van der Waals surface area (Å²) in [5.41, 5.74) is 3.73. The lowest BCUT2D eigenvalue weighted by atomic mass is 10.1. The first-order valence-corrected chi connectivity index (χ1v) is 10.7. The van der Waals surface area contributed by atoms with E-state index in [9.17, 15) is 13.2 Å². The van der Waals surface area contributed by atoms with Crippen LogP contribution in [-0.4, -0.2) is 45.4 Å². The minimum absolute atomic E-state index is 0.137. The number of sulfonamides is 1. The molecule has 0 saturated heterocycles. The number of hydrogen-bond acceptors (Lipinski definition) is 4. The number of rotatable bonds is 5. The molecule has 3 rings (SSSR count). The van der Waals surface area contributed by atoms with Crippen molar-refractivity contribution in [3.63, 3.8) is 0 Å². The van der Waals surface area contributed by atoms with Gasteiger partial charge in [-0.25, -0.2) is 12.7 Å². The maximum absolute atomic E-state index is 13.0. The molecular weight excluding hydrogens is 376 g/mol. The van der Waals surface area contributed by atoms with Crippen molar-refractivity contribution in [1.82, 2.24) is 4.31 Å². The molecule has 0 fully saturated rings. The van der Waals surface area contributed by atoms with Gasteiger partial charge in [0.15, 0.2) is 6.10 Å². The number of hydrogen-bond donors (Lipinski definition) is 0. The van der Waals surface area contributed by atoms with Gasteiger partial charge in [0.25, 0.3) is 5.91 Å². The van der Waals surface area contributed by atoms with Crippen LogP contribution in [0.15, 0.2) is 41.3 Å². The van der Waals surface area contributed by atoms with E-state index in [2.05, 4.69) is 0 Å². The van der Waals surface area contributed by atoms with Crippen molar-refractivity contribution in [2.45, 2.75) is 38.2 Å². The number of carbonyl (C=O) groups excluding carboxylic acids is 1. The highest BCUT2D eigenvalue weighted by Crippen LogP contribution is 2.32. The third-order valence-electron chi connectivity index (χ3n) is 4.97. The summed E-state index contributed by atoms with van der Waals surface area (Å²) >= 11 is 0. The van der Waals surface area contributed by atoms with Gasteiger partial charge in [-0.1, -0.05) is 17.7 Å². The molecule has 1 aliphatic heterocycles. The van der Waals surface area contributed by atoms with Crippen LogP contribution >= 0.6 is 0 Å². The van der Waals surface area contributed by atoms with Crippen LogP contribution in [0.2, 0.25) is 0 Å². The number of fused-ring (bicyclic) bond motifs is 1. The van der Waals surface area contributed by atoms with Crippen LogP contribution in [0.5, 0.6) is 5.75 Å². The standard InChI is InChI=1S/C21H26N2O4S/c1-14-6-9-20(15(2)12-14)27-16(3)21(24)23-11-10-17-13-18(7-8-19(17)23)28(25,26)22(4)5/h6-9,12-13,16H,10-11H2,1-5H3/t16-/m0/s1. The molecule has 0 N–H and O–H groups in total. The molecule has 0 bridgehead atoms. The Morgan fingerprint density at radius 1 is 1.14 bits per heavy atom. The first kappa shape index (κ1) is 20.4. The average Bonchev–Trinajstić information content (AvgIpc) is 3.06. The molecule has 28 heavy (non-hydrogen) atoms. The second-order valence-corrected chi connectivity index (χ2v) is 9.50. The Morgan fingerprint density at radius 3 is 2.50 bits per heavy atom. The zero-order valence-corrected chi connectivity index (χ0v) is 17.7. The fourth-order valence-corrected chi connectivity index (χ4v) is 4.32. The number of aryl methyl sites for hydroxylation is 2. The summed E-state index contributed by atoms with van der Waals surface area (Å²) < 4.78 is 31.8. The highest BCUT2D eigenvalue weighted by molar-refractivity contribution is 7.89. The van der Waals surface area contributed by atoms with Gasteiger partial charge in [0.05, 0.1) is 4.90 Å². The number of ether oxygens (including phenoxy) is 1. The Morgan fingerprint density at radius 2 is 1.86 bits per heavy atom. The van der Waals surface area contributed by atoms with Crippen molar-refractivity contribution in [2.75, 3.05) is 25.5 Å². The van der Waals surface area contributed by atoms with Crippen LogP contribution in [0.3, 0.4) is 0 Å². The molecule has 1 atom stereocenters. The van der Waals surface area contributed by atoms with Crippen molar-refractivity contribution in [2.24, 2.45) is 0 Å². The molecular formula is C21H26N2O4S. The quantitative estimate of drug-likeness (QED) is 0.771. The molecule has 2 aromatic rings. The van der Waals surface area contributed by atoms with Gasteiger partial charge in [-0.2, -0.15) is 0 Å². The molecule has 0 spiro atoms. The Labute approximate surface area is 166 Å². The van der Waals surface area contributed by atoms with Gasteiger partial charge in [0, 0.05) is 26.3 Å². The number of carbonyl (C=O) groups is 1. The molecule has 1 aliphatic rings. The Bertz CT molecular complexity index is 1020. The Kier molecular flexibility index (Phi) is 5.50. The summed E-state index contributed by atoms with van der Waals surface area (Å²) in [5, 5.41) is 0. The summed E-state index contributed by atoms with van der Waals surface area (Å²) in [7, 11) is -0.487. The molecule has 150 valence electrons. The van der Waals surface area contributed by atoms with Crippen molar-refractivity contribution < 1.29 is 17.9 Å². The minimum atomic E-state index is -3.50. The molecule has 2 aromatic carbocycles. The van der Waals surface area contributed by atoms with Crippen LogP contribution in [0, 0.1) is 13.8 Å². The number of amides is 1. The summed E-state index contributed by atoms with van der Waals surface area (Å²) in [4.78, 5) is 14.9. The predicted octanol–water partition coefficient (Wildman–Crippen LogP) is 2.91. The molecule has 0 aromatic heterocycles. The molecule has 1 amide bonds. The topological polar surface area (TPSA) is 66.9 Å². The lowest BCUT2D eigenvalue weighted by molar-refractivity contribution is -0.124. The van der Waals surface area contributed by atoms with Crippen LogP contribution in [0.25, 0.3) is 0 Å². The van der Waals surface area contributed by atoms with E-state index >= 15 is 0 Å². The third-order valence-corrected chi connectivity index (χ3v) is 6.78. The maximum atomic E-state index is 13.0. The summed E-state index contributed by atoms with van der Waals surface area (Å²) in [6, 6.07) is 10.8. The van der Waals surface area contributed by atoms with Gasteiger partial charge >= 0.3 is 0 Å². The first-order valence-electron chi connectivity index (χ1n) is 9.22. The average molecular weight is 403 g/mol. The van der Waals surface area contributed by atoms with E-state index in [0.717, 1.165) is 22.4 Å². The number of nitrogens with zero attached hydrogens (tertiary/aromatic N) is 2. The molecule has 0 saturated carbocycles. The van der Waals surface area contributed by atoms with E-state index < -0.39 is 16.1 Å². The Hall–Kier alpha value is -2.38. The van der Waals surface area contributed by atoms with Crippen LogP contribution < -0.4 is 9.64 Å². The highest BCUT2D eigenvalue weighted by atomic mass is 32.2. The minimum Gasteiger partial charge on any atom is -0.481 e. The van der Waals surface area contributed by atoms with Gasteiger partial charge in [-0.3, -0.25) is 4.79 Å². The zero-order chi connectivity index (χ0) is 20.6. The Balaban J connectivity index is 1.80. The fraction of sp³-hybridized carbons (Fsp3) is 0.381. The summed E-state index contributed by atoms with van der Waals surface area (Å²) in [6.45, 7) is 6.22. The third kappa shape index (κ3) is 3.77. The zero-order valence-electron chi connectivity index (χ0n) is 16.9. The first-order chi connectivity index (χ1) is 13.1. The van der Waals surface area contributed by atoms with E-state index in [0.29, 0.717) is 18.7 Å². The predicted molar refractivity (Wildman–Crippen MR) is 109 cm³/mol. The number of benzene rings is 2. The molecule has 0 aliphatic carbocycles. The summed E-state index contributed by atoms with van der Waals surface area (Å²) in [6.07, 6.45) is -0.0220. The van der Waals surface area contributed by atoms with E-state index in [1.165, 1.54) is 18.4 Å². The maximum Gasteiger partial charge on any atom is 0.267 e. The van der Waals surface area contributed by atoms with Crippen molar-refractivity contribution in [3.05, 3.63) is 53.1 Å². The number of anilines is 1. The lowest BCUT2D eigenvalue weighted by Crippen LogP contribution is -2.39. The molecule has 1 heterocycles. The fourth-order valence-electron chi connectivity index (χ4n) is 3.37. The molecule has 0 unspecified atom stereocenters. The van der Waals surface area contributed by atoms with Gasteiger partial charge in [-0.05, 0) is 62.6 Å². The van der Waals surface area contributed by atoms with Gasteiger partial charge in [0.1, 0.15) is 5.75 Å². The van der Waals surface area contributed by atoms with Crippen molar-refractivity contribution in [1.29, 1.82) is 0 Å². The highest BCUT2D eigenvalue weighted by Gasteiger charge is 2.30. The van der Waals surface area contributed by atoms with E-state index in [-0.39, 0.29) is 10.8 Å². The van der Waals surface area contributed by atoms with Gasteiger partial charge in [0.2, 0.25) is 10.0 Å². The van der Waals surface area contributed by atoms with Crippen LogP contribution in [0.1, 0.15) is 23.6 Å².